The van der Waals surface area contributed by atoms with Gasteiger partial charge in [0, 0.05) is 24.1 Å². The van der Waals surface area contributed by atoms with Crippen LogP contribution in [0.3, 0.4) is 0 Å². The van der Waals surface area contributed by atoms with E-state index in [1.54, 1.807) is 0 Å². The van der Waals surface area contributed by atoms with E-state index in [2.05, 4.69) is 10.6 Å². The highest BCUT2D eigenvalue weighted by molar-refractivity contribution is 6.01. The summed E-state index contributed by atoms with van der Waals surface area (Å²) in [5.74, 6) is -3.57. The average molecular weight is 361 g/mol. The van der Waals surface area contributed by atoms with Gasteiger partial charge in [-0.25, -0.2) is 8.78 Å². The largest absolute Gasteiger partial charge is 0.490 e. The Bertz CT molecular complexity index is 613. The molecule has 1 aromatic rings. The molecule has 0 unspecified atom stereocenters. The van der Waals surface area contributed by atoms with Crippen molar-refractivity contribution in [3.05, 3.63) is 29.3 Å². The number of carbonyl (C=O) groups is 2. The van der Waals surface area contributed by atoms with E-state index in [0.717, 1.165) is 38.1 Å². The van der Waals surface area contributed by atoms with Crippen molar-refractivity contribution in [1.29, 1.82) is 0 Å². The Hall–Kier alpha value is -1.73. The van der Waals surface area contributed by atoms with Crippen LogP contribution in [-0.2, 0) is 9.59 Å². The number of rotatable bonds is 3. The molecule has 1 atom stereocenters. The highest BCUT2D eigenvalue weighted by Crippen LogP contribution is 2.32. The fourth-order valence-corrected chi connectivity index (χ4v) is 3.04. The number of carbonyl (C=O) groups excluding carboxylic acids is 2. The molecule has 0 aromatic heterocycles. The zero-order valence-corrected chi connectivity index (χ0v) is 13.8. The minimum atomic E-state index is -0.986. The molecule has 2 aliphatic rings. The lowest BCUT2D eigenvalue weighted by Gasteiger charge is -2.25. The summed E-state index contributed by atoms with van der Waals surface area (Å²) in [6.45, 7) is 1.62. The van der Waals surface area contributed by atoms with E-state index in [1.165, 1.54) is 0 Å². The van der Waals surface area contributed by atoms with Crippen LogP contribution in [0.5, 0.6) is 5.75 Å². The first-order valence-corrected chi connectivity index (χ1v) is 7.74. The van der Waals surface area contributed by atoms with Crippen molar-refractivity contribution in [3.8, 4) is 5.75 Å². The van der Waals surface area contributed by atoms with Gasteiger partial charge in [-0.05, 0) is 32.4 Å². The minimum Gasteiger partial charge on any atom is -0.490 e. The van der Waals surface area contributed by atoms with Crippen LogP contribution < -0.4 is 15.4 Å². The standard InChI is InChI=1S/C16H18F2N2O3.ClH/c17-12-7-10(23-9-3-5-19-6-4-9)8-13(18)15(12)11-1-2-14(21)20-16(11)22;/h7-9,11,19H,1-6H2,(H,20,21,22);1H/t11-;/m1./s1. The van der Waals surface area contributed by atoms with Gasteiger partial charge in [-0.2, -0.15) is 0 Å². The predicted octanol–water partition coefficient (Wildman–Crippen LogP) is 2.04. The molecule has 0 spiro atoms. The Morgan fingerprint density at radius 1 is 1.04 bits per heavy atom. The van der Waals surface area contributed by atoms with Crippen molar-refractivity contribution in [1.82, 2.24) is 10.6 Å². The van der Waals surface area contributed by atoms with Crippen LogP contribution in [-0.4, -0.2) is 31.0 Å². The number of amides is 2. The smallest absolute Gasteiger partial charge is 0.234 e. The van der Waals surface area contributed by atoms with E-state index < -0.39 is 29.4 Å². The van der Waals surface area contributed by atoms with Crippen molar-refractivity contribution < 1.29 is 23.1 Å². The molecule has 2 N–H and O–H groups in total. The number of benzene rings is 1. The summed E-state index contributed by atoms with van der Waals surface area (Å²) in [7, 11) is 0. The molecule has 5 nitrogen and oxygen atoms in total. The monoisotopic (exact) mass is 360 g/mol. The molecule has 2 amide bonds. The highest BCUT2D eigenvalue weighted by Gasteiger charge is 2.32. The fourth-order valence-electron chi connectivity index (χ4n) is 3.04. The Morgan fingerprint density at radius 3 is 2.25 bits per heavy atom. The van der Waals surface area contributed by atoms with Gasteiger partial charge in [0.15, 0.2) is 0 Å². The van der Waals surface area contributed by atoms with Crippen LogP contribution in [0.2, 0.25) is 0 Å². The van der Waals surface area contributed by atoms with Crippen LogP contribution >= 0.6 is 12.4 Å². The lowest BCUT2D eigenvalue weighted by molar-refractivity contribution is -0.134. The number of ether oxygens (including phenoxy) is 1. The van der Waals surface area contributed by atoms with E-state index in [0.29, 0.717) is 0 Å². The highest BCUT2D eigenvalue weighted by atomic mass is 35.5. The molecule has 8 heteroatoms. The molecule has 1 aromatic carbocycles. The average Bonchev–Trinajstić information content (AvgIpc) is 2.50. The summed E-state index contributed by atoms with van der Waals surface area (Å²) in [4.78, 5) is 23.0. The zero-order chi connectivity index (χ0) is 16.4. The molecule has 2 saturated heterocycles. The summed E-state index contributed by atoms with van der Waals surface area (Å²) in [5, 5.41) is 5.30. The number of halogens is 3. The first-order chi connectivity index (χ1) is 11.0. The van der Waals surface area contributed by atoms with E-state index in [1.807, 2.05) is 0 Å². The second-order valence-electron chi connectivity index (χ2n) is 5.87. The second-order valence-corrected chi connectivity index (χ2v) is 5.87. The summed E-state index contributed by atoms with van der Waals surface area (Å²) < 4.78 is 34.3. The van der Waals surface area contributed by atoms with Crippen LogP contribution in [0.25, 0.3) is 0 Å². The summed E-state index contributed by atoms with van der Waals surface area (Å²) >= 11 is 0. The van der Waals surface area contributed by atoms with Gasteiger partial charge in [-0.3, -0.25) is 14.9 Å². The molecule has 0 saturated carbocycles. The lowest BCUT2D eigenvalue weighted by Crippen LogP contribution is -2.40. The topological polar surface area (TPSA) is 67.4 Å². The van der Waals surface area contributed by atoms with Gasteiger partial charge in [0.25, 0.3) is 0 Å². The molecule has 3 rings (SSSR count). The van der Waals surface area contributed by atoms with Crippen molar-refractivity contribution in [3.63, 3.8) is 0 Å². The van der Waals surface area contributed by atoms with E-state index >= 15 is 0 Å². The van der Waals surface area contributed by atoms with E-state index in [-0.39, 0.29) is 42.7 Å². The first-order valence-electron chi connectivity index (χ1n) is 7.74. The molecular weight excluding hydrogens is 342 g/mol. The van der Waals surface area contributed by atoms with Crippen LogP contribution in [0.4, 0.5) is 8.78 Å². The number of imide groups is 1. The quantitative estimate of drug-likeness (QED) is 0.809. The van der Waals surface area contributed by atoms with Gasteiger partial charge in [-0.15, -0.1) is 12.4 Å². The maximum Gasteiger partial charge on any atom is 0.234 e. The summed E-state index contributed by atoms with van der Waals surface area (Å²) in [6.07, 6.45) is 1.66. The zero-order valence-electron chi connectivity index (χ0n) is 12.9. The normalized spacial score (nSPS) is 21.8. The Labute approximate surface area is 144 Å². The Balaban J connectivity index is 0.00000208. The third kappa shape index (κ3) is 4.02. The van der Waals surface area contributed by atoms with Crippen LogP contribution in [0.1, 0.15) is 37.2 Å². The van der Waals surface area contributed by atoms with Crippen molar-refractivity contribution in [2.45, 2.75) is 37.7 Å². The SMILES string of the molecule is Cl.O=C1CC[C@H](c2c(F)cc(OC3CCNCC3)cc2F)C(=O)N1. The van der Waals surface area contributed by atoms with Crippen molar-refractivity contribution >= 4 is 24.2 Å². The summed E-state index contributed by atoms with van der Waals surface area (Å²) in [5.41, 5.74) is -0.298. The van der Waals surface area contributed by atoms with Gasteiger partial charge in [-0.1, -0.05) is 0 Å². The van der Waals surface area contributed by atoms with E-state index in [9.17, 15) is 18.4 Å². The predicted molar refractivity (Wildman–Crippen MR) is 85.3 cm³/mol. The minimum absolute atomic E-state index is 0. The molecule has 0 radical (unpaired) electrons. The molecule has 0 bridgehead atoms. The van der Waals surface area contributed by atoms with Gasteiger partial charge < -0.3 is 10.1 Å². The molecule has 132 valence electrons. The molecule has 2 fully saturated rings. The molecular formula is C16H19ClF2N2O3. The van der Waals surface area contributed by atoms with Gasteiger partial charge in [0.05, 0.1) is 5.92 Å². The molecule has 2 aliphatic heterocycles. The fraction of sp³-hybridized carbons (Fsp3) is 0.500. The van der Waals surface area contributed by atoms with Gasteiger partial charge in [0.2, 0.25) is 11.8 Å². The third-order valence-electron chi connectivity index (χ3n) is 4.23. The second kappa shape index (κ2) is 7.90. The first kappa shape index (κ1) is 18.6. The third-order valence-corrected chi connectivity index (χ3v) is 4.23. The van der Waals surface area contributed by atoms with Crippen molar-refractivity contribution in [2.24, 2.45) is 0 Å². The van der Waals surface area contributed by atoms with Crippen LogP contribution in [0.15, 0.2) is 12.1 Å². The number of piperidine rings is 2. The Morgan fingerprint density at radius 2 is 1.67 bits per heavy atom. The molecule has 24 heavy (non-hydrogen) atoms. The van der Waals surface area contributed by atoms with Crippen molar-refractivity contribution in [2.75, 3.05) is 13.1 Å². The maximum atomic E-state index is 14.3. The lowest BCUT2D eigenvalue weighted by atomic mass is 9.89. The van der Waals surface area contributed by atoms with Gasteiger partial charge >= 0.3 is 0 Å². The maximum absolute atomic E-state index is 14.3. The number of nitrogens with one attached hydrogen (secondary N) is 2. The molecule has 2 heterocycles. The Kier molecular flexibility index (Phi) is 6.12. The van der Waals surface area contributed by atoms with Gasteiger partial charge in [0.1, 0.15) is 23.5 Å². The number of hydrogen-bond donors (Lipinski definition) is 2. The summed E-state index contributed by atoms with van der Waals surface area (Å²) in [6, 6.07) is 2.23. The molecule has 0 aliphatic carbocycles. The van der Waals surface area contributed by atoms with Crippen LogP contribution in [0, 0.1) is 11.6 Å². The number of hydrogen-bond acceptors (Lipinski definition) is 4. The van der Waals surface area contributed by atoms with E-state index in [4.69, 9.17) is 4.74 Å².